The molecule has 10 heteroatoms. The van der Waals surface area contributed by atoms with Gasteiger partial charge in [0.25, 0.3) is 0 Å². The Hall–Kier alpha value is -4.57. The zero-order valence-electron chi connectivity index (χ0n) is 28.4. The fourth-order valence-corrected chi connectivity index (χ4v) is 5.89. The highest BCUT2D eigenvalue weighted by Crippen LogP contribution is 2.47. The van der Waals surface area contributed by atoms with Crippen molar-refractivity contribution < 1.29 is 28.2 Å². The monoisotopic (exact) mass is 658 g/mol. The number of benzene rings is 2. The quantitative estimate of drug-likeness (QED) is 0.165. The molecule has 2 N–H and O–H groups in total. The molecule has 48 heavy (non-hydrogen) atoms. The van der Waals surface area contributed by atoms with Crippen LogP contribution >= 0.6 is 0 Å². The second-order valence-electron chi connectivity index (χ2n) is 14.0. The van der Waals surface area contributed by atoms with E-state index >= 15 is 0 Å². The van der Waals surface area contributed by atoms with Gasteiger partial charge in [0.05, 0.1) is 29.8 Å². The number of aliphatic carboxylic acids is 1. The summed E-state index contributed by atoms with van der Waals surface area (Å²) in [4.78, 5) is 23.9. The lowest BCUT2D eigenvalue weighted by atomic mass is 9.82. The Morgan fingerprint density at radius 2 is 1.71 bits per heavy atom. The van der Waals surface area contributed by atoms with E-state index in [-0.39, 0.29) is 16.9 Å². The lowest BCUT2D eigenvalue weighted by Crippen LogP contribution is -2.39. The zero-order chi connectivity index (χ0) is 34.6. The fourth-order valence-electron chi connectivity index (χ4n) is 5.89. The topological polar surface area (TPSA) is 96.8 Å². The van der Waals surface area contributed by atoms with Crippen molar-refractivity contribution in [2.45, 2.75) is 72.5 Å². The van der Waals surface area contributed by atoms with Gasteiger partial charge in [-0.15, -0.1) is 0 Å². The maximum atomic E-state index is 15.0. The van der Waals surface area contributed by atoms with Gasteiger partial charge in [0.15, 0.2) is 11.9 Å². The van der Waals surface area contributed by atoms with E-state index in [4.69, 9.17) is 14.5 Å². The molecule has 1 fully saturated rings. The average Bonchev–Trinajstić information content (AvgIpc) is 3.02. The molecule has 1 saturated heterocycles. The molecule has 4 aromatic rings. The van der Waals surface area contributed by atoms with Crippen LogP contribution in [0.1, 0.15) is 70.4 Å². The summed E-state index contributed by atoms with van der Waals surface area (Å²) in [6.07, 6.45) is 3.73. The summed E-state index contributed by atoms with van der Waals surface area (Å²) in [5, 5.41) is 13.8. The normalized spacial score (nSPS) is 15.2. The van der Waals surface area contributed by atoms with Crippen LogP contribution in [0.4, 0.5) is 26.0 Å². The molecule has 0 radical (unpaired) electrons. The zero-order valence-corrected chi connectivity index (χ0v) is 28.4. The van der Waals surface area contributed by atoms with Crippen LogP contribution in [0.15, 0.2) is 67.0 Å². The first kappa shape index (κ1) is 34.8. The molecule has 1 aliphatic heterocycles. The molecule has 2 aromatic heterocycles. The Morgan fingerprint density at radius 3 is 2.31 bits per heavy atom. The van der Waals surface area contributed by atoms with Gasteiger partial charge in [-0.3, -0.25) is 4.98 Å². The molecule has 0 saturated carbocycles. The summed E-state index contributed by atoms with van der Waals surface area (Å²) in [7, 11) is 0. The molecular formula is C38H44F2N4O4. The summed E-state index contributed by atoms with van der Waals surface area (Å²) in [6, 6.07) is 15.4. The van der Waals surface area contributed by atoms with Crippen LogP contribution in [-0.2, 0) is 16.0 Å². The third kappa shape index (κ3) is 8.47. The minimum atomic E-state index is -1.30. The Morgan fingerprint density at radius 1 is 1.04 bits per heavy atom. The van der Waals surface area contributed by atoms with E-state index < -0.39 is 23.5 Å². The lowest BCUT2D eigenvalue weighted by molar-refractivity contribution is -0.160. The number of piperidine rings is 1. The minimum Gasteiger partial charge on any atom is -0.493 e. The van der Waals surface area contributed by atoms with E-state index in [1.807, 2.05) is 45.0 Å². The van der Waals surface area contributed by atoms with Gasteiger partial charge in [0.2, 0.25) is 0 Å². The molecule has 1 aliphatic rings. The van der Waals surface area contributed by atoms with Crippen molar-refractivity contribution in [2.75, 3.05) is 29.9 Å². The predicted molar refractivity (Wildman–Crippen MR) is 184 cm³/mol. The van der Waals surface area contributed by atoms with E-state index in [0.29, 0.717) is 60.2 Å². The van der Waals surface area contributed by atoms with Crippen molar-refractivity contribution in [3.05, 3.63) is 95.4 Å². The SMILES string of the molecule is Cc1nc(Nc2ccncc2F)c(-c2ccc(OCCc3ccc(F)cc3)cc2)c(N2CCC(C)(C)CC2)c1C(OC(C)(C)C)C(=O)O. The van der Waals surface area contributed by atoms with Crippen molar-refractivity contribution in [3.8, 4) is 16.9 Å². The van der Waals surface area contributed by atoms with Crippen LogP contribution in [0.5, 0.6) is 5.75 Å². The Kier molecular flexibility index (Phi) is 10.3. The number of halogens is 2. The highest BCUT2D eigenvalue weighted by atomic mass is 19.1. The van der Waals surface area contributed by atoms with Gasteiger partial charge in [-0.05, 0) is 87.4 Å². The number of nitrogens with one attached hydrogen (secondary N) is 1. The van der Waals surface area contributed by atoms with E-state index in [9.17, 15) is 18.7 Å². The van der Waals surface area contributed by atoms with Gasteiger partial charge in [0.1, 0.15) is 17.4 Å². The number of aromatic nitrogens is 2. The van der Waals surface area contributed by atoms with Gasteiger partial charge in [-0.2, -0.15) is 0 Å². The number of nitrogens with zero attached hydrogens (tertiary/aromatic N) is 3. The first-order chi connectivity index (χ1) is 22.7. The van der Waals surface area contributed by atoms with Crippen LogP contribution in [0, 0.1) is 24.0 Å². The molecule has 8 nitrogen and oxygen atoms in total. The number of carboxylic acids is 1. The maximum Gasteiger partial charge on any atom is 0.337 e. The van der Waals surface area contributed by atoms with Gasteiger partial charge in [-0.1, -0.05) is 38.1 Å². The second-order valence-corrected chi connectivity index (χ2v) is 14.0. The number of hydrogen-bond acceptors (Lipinski definition) is 7. The predicted octanol–water partition coefficient (Wildman–Crippen LogP) is 8.66. The van der Waals surface area contributed by atoms with Gasteiger partial charge in [0, 0.05) is 42.5 Å². The number of pyridine rings is 2. The Balaban J connectivity index is 1.63. The lowest BCUT2D eigenvalue weighted by Gasteiger charge is -2.41. The molecule has 0 spiro atoms. The van der Waals surface area contributed by atoms with Crippen LogP contribution < -0.4 is 15.0 Å². The summed E-state index contributed by atoms with van der Waals surface area (Å²) in [6.45, 7) is 13.5. The summed E-state index contributed by atoms with van der Waals surface area (Å²) >= 11 is 0. The molecule has 5 rings (SSSR count). The van der Waals surface area contributed by atoms with E-state index in [1.165, 1.54) is 24.4 Å². The van der Waals surface area contributed by atoms with E-state index in [1.54, 1.807) is 19.1 Å². The number of hydrogen-bond donors (Lipinski definition) is 2. The third-order valence-corrected chi connectivity index (χ3v) is 8.53. The van der Waals surface area contributed by atoms with E-state index in [2.05, 4.69) is 29.0 Å². The third-order valence-electron chi connectivity index (χ3n) is 8.53. The van der Waals surface area contributed by atoms with Crippen molar-refractivity contribution in [1.29, 1.82) is 0 Å². The second kappa shape index (κ2) is 14.3. The fraction of sp³-hybridized carbons (Fsp3) is 0.395. The standard InChI is InChI=1S/C38H44F2N4O4/c1-24-31(34(36(45)46)48-37(2,3)4)33(44-20-17-38(5,6)18-21-44)32(35(42-24)43-30-15-19-41-23-29(30)40)26-9-13-28(14-10-26)47-22-16-25-7-11-27(39)12-8-25/h7-15,19,23,34H,16-18,20-22H2,1-6H3,(H,45,46)(H,41,42,43). The summed E-state index contributed by atoms with van der Waals surface area (Å²) in [5.41, 5.74) is 3.52. The number of ether oxygens (including phenoxy) is 2. The average molecular weight is 659 g/mol. The van der Waals surface area contributed by atoms with Crippen molar-refractivity contribution in [3.63, 3.8) is 0 Å². The molecule has 254 valence electrons. The number of carboxylic acid groups (broad SMARTS) is 1. The largest absolute Gasteiger partial charge is 0.493 e. The van der Waals surface area contributed by atoms with E-state index in [0.717, 1.165) is 30.2 Å². The van der Waals surface area contributed by atoms with Crippen LogP contribution in [0.3, 0.4) is 0 Å². The molecule has 1 atom stereocenters. The number of rotatable bonds is 11. The van der Waals surface area contributed by atoms with Gasteiger partial charge < -0.3 is 24.8 Å². The maximum absolute atomic E-state index is 15.0. The Labute approximate surface area is 281 Å². The molecule has 0 aliphatic carbocycles. The number of anilines is 3. The van der Waals surface area contributed by atoms with Crippen LogP contribution in [-0.4, -0.2) is 46.3 Å². The highest BCUT2D eigenvalue weighted by molar-refractivity contribution is 5.93. The van der Waals surface area contributed by atoms with Crippen LogP contribution in [0.2, 0.25) is 0 Å². The molecule has 0 amide bonds. The van der Waals surface area contributed by atoms with Crippen LogP contribution in [0.25, 0.3) is 11.1 Å². The van der Waals surface area contributed by atoms with Gasteiger partial charge in [-0.25, -0.2) is 18.6 Å². The molecule has 0 bridgehead atoms. The summed E-state index contributed by atoms with van der Waals surface area (Å²) in [5.74, 6) is -0.928. The van der Waals surface area contributed by atoms with Crippen molar-refractivity contribution in [2.24, 2.45) is 5.41 Å². The van der Waals surface area contributed by atoms with Gasteiger partial charge >= 0.3 is 5.97 Å². The number of carbonyl (C=O) groups is 1. The molecular weight excluding hydrogens is 614 g/mol. The minimum absolute atomic E-state index is 0.126. The Bertz CT molecular complexity index is 1730. The van der Waals surface area contributed by atoms with Crippen molar-refractivity contribution in [1.82, 2.24) is 9.97 Å². The number of aryl methyl sites for hydroxylation is 1. The molecule has 3 heterocycles. The first-order valence-corrected chi connectivity index (χ1v) is 16.2. The smallest absolute Gasteiger partial charge is 0.337 e. The highest BCUT2D eigenvalue weighted by Gasteiger charge is 2.37. The first-order valence-electron chi connectivity index (χ1n) is 16.2. The molecule has 1 unspecified atom stereocenters. The van der Waals surface area contributed by atoms with Crippen molar-refractivity contribution >= 4 is 23.2 Å². The molecule has 2 aromatic carbocycles. The summed E-state index contributed by atoms with van der Waals surface area (Å²) < 4.78 is 40.5.